The number of nitrogens with one attached hydrogen (secondary N) is 2. The normalized spacial score (nSPS) is 22.8. The van der Waals surface area contributed by atoms with E-state index in [1.807, 2.05) is 24.9 Å². The Morgan fingerprint density at radius 2 is 1.84 bits per heavy atom. The molecule has 0 aliphatic carbocycles. The number of nitrogens with zero attached hydrogens (tertiary/aromatic N) is 3. The van der Waals surface area contributed by atoms with Crippen molar-refractivity contribution in [3.63, 3.8) is 0 Å². The van der Waals surface area contributed by atoms with Gasteiger partial charge in [0.15, 0.2) is 23.0 Å². The summed E-state index contributed by atoms with van der Waals surface area (Å²) in [6.45, 7) is 6.18. The Kier molecular flexibility index (Phi) is 10.3. The minimum atomic E-state index is -4.55. The fraction of sp³-hybridized carbons (Fsp3) is 0.415. The van der Waals surface area contributed by atoms with Gasteiger partial charge in [-0.3, -0.25) is 24.2 Å². The van der Waals surface area contributed by atoms with E-state index in [0.29, 0.717) is 45.9 Å². The van der Waals surface area contributed by atoms with E-state index in [-0.39, 0.29) is 42.9 Å². The molecule has 0 aromatic heterocycles. The highest BCUT2D eigenvalue weighted by Crippen LogP contribution is 2.58. The first kappa shape index (κ1) is 39.4. The topological polar surface area (TPSA) is 163 Å². The molecule has 4 aliphatic rings. The van der Waals surface area contributed by atoms with E-state index in [4.69, 9.17) is 18.9 Å². The summed E-state index contributed by atoms with van der Waals surface area (Å²) >= 11 is 0. The van der Waals surface area contributed by atoms with Gasteiger partial charge in [0, 0.05) is 53.9 Å². The molecule has 3 N–H and O–H groups in total. The third-order valence-corrected chi connectivity index (χ3v) is 11.4. The number of nitriles is 1. The van der Waals surface area contributed by atoms with Crippen LogP contribution >= 0.6 is 0 Å². The maximum atomic E-state index is 13.7. The zero-order chi connectivity index (χ0) is 41.1. The first-order chi connectivity index (χ1) is 27.0. The van der Waals surface area contributed by atoms with E-state index in [2.05, 4.69) is 21.6 Å². The number of carbonyl (C=O) groups excluding carboxylic acids is 3. The van der Waals surface area contributed by atoms with Gasteiger partial charge in [-0.05, 0) is 75.6 Å². The molecule has 1 fully saturated rings. The number of benzene rings is 3. The number of phenols is 1. The average molecular weight is 790 g/mol. The van der Waals surface area contributed by atoms with Gasteiger partial charge in [0.05, 0.1) is 30.8 Å². The number of piperazine rings is 1. The molecule has 6 atom stereocenters. The maximum Gasteiger partial charge on any atom is 0.416 e. The van der Waals surface area contributed by atoms with Gasteiger partial charge >= 0.3 is 12.1 Å². The van der Waals surface area contributed by atoms with Crippen molar-refractivity contribution in [2.75, 3.05) is 27.5 Å². The molecule has 2 amide bonds. The van der Waals surface area contributed by atoms with Crippen molar-refractivity contribution in [2.24, 2.45) is 0 Å². The smallest absolute Gasteiger partial charge is 0.416 e. The molecule has 1 saturated heterocycles. The van der Waals surface area contributed by atoms with Crippen molar-refractivity contribution < 1.29 is 51.6 Å². The van der Waals surface area contributed by atoms with Crippen LogP contribution in [0.2, 0.25) is 0 Å². The summed E-state index contributed by atoms with van der Waals surface area (Å²) in [7, 11) is 3.41. The van der Waals surface area contributed by atoms with Crippen LogP contribution in [0.4, 0.5) is 13.2 Å². The predicted octanol–water partition coefficient (Wildman–Crippen LogP) is 4.80. The molecule has 2 unspecified atom stereocenters. The second-order valence-electron chi connectivity index (χ2n) is 14.8. The number of ether oxygens (including phenoxy) is 4. The van der Waals surface area contributed by atoms with E-state index in [9.17, 15) is 37.9 Å². The number of methoxy groups -OCH3 is 1. The minimum absolute atomic E-state index is 0.00237. The summed E-state index contributed by atoms with van der Waals surface area (Å²) in [4.78, 5) is 43.2. The minimum Gasteiger partial charge on any atom is -0.504 e. The van der Waals surface area contributed by atoms with Crippen LogP contribution in [-0.4, -0.2) is 84.4 Å². The third-order valence-electron chi connectivity index (χ3n) is 11.4. The Hall–Kier alpha value is -5.79. The lowest BCUT2D eigenvalue weighted by atomic mass is 9.71. The number of halogens is 3. The number of aromatic hydroxyl groups is 1. The van der Waals surface area contributed by atoms with Gasteiger partial charge in [-0.15, -0.1) is 0 Å². The van der Waals surface area contributed by atoms with Crippen LogP contribution in [0.15, 0.2) is 36.4 Å². The predicted molar refractivity (Wildman–Crippen MR) is 199 cm³/mol. The van der Waals surface area contributed by atoms with Gasteiger partial charge in [-0.25, -0.2) is 0 Å². The van der Waals surface area contributed by atoms with E-state index in [1.165, 1.54) is 39.2 Å². The van der Waals surface area contributed by atoms with Gasteiger partial charge in [0.2, 0.25) is 18.6 Å². The van der Waals surface area contributed by atoms with Crippen molar-refractivity contribution in [3.05, 3.63) is 80.9 Å². The summed E-state index contributed by atoms with van der Waals surface area (Å²) in [5.74, 6) is -0.439. The molecule has 13 nitrogen and oxygen atoms in total. The summed E-state index contributed by atoms with van der Waals surface area (Å²) in [6, 6.07) is 5.14. The van der Waals surface area contributed by atoms with Crippen LogP contribution in [0.25, 0.3) is 6.08 Å². The summed E-state index contributed by atoms with van der Waals surface area (Å²) in [5.41, 5.74) is 3.35. The van der Waals surface area contributed by atoms with Crippen molar-refractivity contribution in [1.82, 2.24) is 20.4 Å². The van der Waals surface area contributed by atoms with Crippen LogP contribution in [0, 0.1) is 25.2 Å². The first-order valence-corrected chi connectivity index (χ1v) is 18.4. The number of hydrogen-bond acceptors (Lipinski definition) is 11. The second-order valence-corrected chi connectivity index (χ2v) is 14.8. The molecule has 2 bridgehead atoms. The molecule has 16 heteroatoms. The molecule has 0 spiro atoms. The fourth-order valence-electron chi connectivity index (χ4n) is 8.98. The molecule has 3 aromatic rings. The highest BCUT2D eigenvalue weighted by molar-refractivity contribution is 5.95. The van der Waals surface area contributed by atoms with E-state index >= 15 is 0 Å². The number of aryl methyl sites for hydroxylation is 1. The van der Waals surface area contributed by atoms with Gasteiger partial charge in [-0.2, -0.15) is 18.4 Å². The van der Waals surface area contributed by atoms with Crippen LogP contribution in [-0.2, 0) is 33.4 Å². The summed E-state index contributed by atoms with van der Waals surface area (Å²) < 4.78 is 63.0. The number of fused-ring (bicyclic) bond motifs is 9. The summed E-state index contributed by atoms with van der Waals surface area (Å²) in [6.07, 6.45) is -1.58. The monoisotopic (exact) mass is 789 g/mol. The largest absolute Gasteiger partial charge is 0.504 e. The highest BCUT2D eigenvalue weighted by Gasteiger charge is 2.57. The molecule has 3 aromatic carbocycles. The second kappa shape index (κ2) is 14.9. The Morgan fingerprint density at radius 3 is 2.53 bits per heavy atom. The van der Waals surface area contributed by atoms with Crippen LogP contribution in [0.1, 0.15) is 70.4 Å². The number of alkyl halides is 3. The molecule has 57 heavy (non-hydrogen) atoms. The number of esters is 1. The zero-order valence-electron chi connectivity index (χ0n) is 32.1. The standard InChI is InChI=1S/C41H42F3N5O8/c1-19-12-24-14-27-29(16-45)49-28(34(48(27)5)32(24)35(52)36(19)54-6)15-26-33(39-38(55-18-56-39)20(2)37(26)57-22(4)50)30(49)17-46-40(53)21(3)47-31(51)11-10-23-8-7-9-25(13-23)41(42,43)44/h7-13,21,27-30,34,52H,14-15,17-18H2,1-6H3,(H,46,53)(H,47,51)/b11-10+/t21?,27-,28?,29-,30-,34-/m0/s1. The number of carbonyl (C=O) groups is 3. The molecular weight excluding hydrogens is 747 g/mol. The lowest BCUT2D eigenvalue weighted by Crippen LogP contribution is -2.69. The number of hydrogen-bond donors (Lipinski definition) is 3. The Morgan fingerprint density at radius 1 is 1.11 bits per heavy atom. The number of likely N-dealkylation sites (N-methyl/N-ethyl adjacent to an activating group) is 1. The van der Waals surface area contributed by atoms with Crippen molar-refractivity contribution in [3.8, 4) is 34.8 Å². The van der Waals surface area contributed by atoms with E-state index in [1.54, 1.807) is 6.92 Å². The Labute approximate surface area is 326 Å². The molecule has 7 rings (SSSR count). The van der Waals surface area contributed by atoms with Gasteiger partial charge in [0.1, 0.15) is 17.8 Å². The molecule has 4 aliphatic heterocycles. The van der Waals surface area contributed by atoms with E-state index < -0.39 is 59.7 Å². The van der Waals surface area contributed by atoms with Crippen LogP contribution < -0.4 is 29.6 Å². The van der Waals surface area contributed by atoms with E-state index in [0.717, 1.165) is 29.3 Å². The van der Waals surface area contributed by atoms with Crippen molar-refractivity contribution in [1.29, 1.82) is 5.26 Å². The van der Waals surface area contributed by atoms with Crippen molar-refractivity contribution >= 4 is 23.9 Å². The number of phenolic OH excluding ortho intramolecular Hbond substituents is 1. The maximum absolute atomic E-state index is 13.7. The number of amides is 2. The fourth-order valence-corrected chi connectivity index (χ4v) is 8.98. The molecular formula is C41H42F3N5O8. The Balaban J connectivity index is 1.25. The SMILES string of the molecule is COc1c(C)cc2c(c1O)[C@@H]1C3Cc4c(OC(C)=O)c(C)c5c(c4[C@H](CNC(=O)C(C)NC(=O)/C=C/c4cccc(C(F)(F)F)c4)N3[C@@H](C#N)[C@H](C2)N1C)OCO5. The Bertz CT molecular complexity index is 2240. The zero-order valence-corrected chi connectivity index (χ0v) is 32.1. The van der Waals surface area contributed by atoms with Crippen LogP contribution in [0.3, 0.4) is 0 Å². The first-order valence-electron chi connectivity index (χ1n) is 18.4. The summed E-state index contributed by atoms with van der Waals surface area (Å²) in [5, 5.41) is 28.1. The molecule has 0 saturated carbocycles. The highest BCUT2D eigenvalue weighted by atomic mass is 19.4. The average Bonchev–Trinajstić information content (AvgIpc) is 3.65. The van der Waals surface area contributed by atoms with Crippen molar-refractivity contribution in [2.45, 2.75) is 83.0 Å². The van der Waals surface area contributed by atoms with Gasteiger partial charge < -0.3 is 34.7 Å². The van der Waals surface area contributed by atoms with Gasteiger partial charge in [0.25, 0.3) is 0 Å². The van der Waals surface area contributed by atoms with Crippen LogP contribution in [0.5, 0.6) is 28.7 Å². The third kappa shape index (κ3) is 6.88. The molecule has 300 valence electrons. The lowest BCUT2D eigenvalue weighted by Gasteiger charge is -2.60. The lowest BCUT2D eigenvalue weighted by molar-refractivity contribution is -0.137. The molecule has 4 heterocycles. The number of rotatable bonds is 8. The quantitative estimate of drug-likeness (QED) is 0.163. The molecule has 0 radical (unpaired) electrons. The van der Waals surface area contributed by atoms with Gasteiger partial charge in [-0.1, -0.05) is 18.2 Å².